The molecule has 2 aromatic heterocycles. The molecule has 0 spiro atoms. The molecule has 3 aromatic rings. The molecule has 9 nitrogen and oxygen atoms in total. The maximum Gasteiger partial charge on any atom is 0.325 e. The summed E-state index contributed by atoms with van der Waals surface area (Å²) in [6.07, 6.45) is 0.437. The van der Waals surface area contributed by atoms with E-state index in [1.165, 1.54) is 24.5 Å². The van der Waals surface area contributed by atoms with E-state index in [0.717, 1.165) is 5.56 Å². The van der Waals surface area contributed by atoms with Crippen LogP contribution in [0.5, 0.6) is 0 Å². The molecule has 0 saturated heterocycles. The number of esters is 1. The number of aromatic nitrogens is 2. The molecule has 0 fully saturated rings. The first-order valence-corrected chi connectivity index (χ1v) is 9.59. The Bertz CT molecular complexity index is 1000. The van der Waals surface area contributed by atoms with E-state index in [0.29, 0.717) is 29.4 Å². The molecule has 3 rings (SSSR count). The van der Waals surface area contributed by atoms with E-state index >= 15 is 0 Å². The second-order valence-electron chi connectivity index (χ2n) is 5.91. The highest BCUT2D eigenvalue weighted by atomic mass is 32.1. The van der Waals surface area contributed by atoms with E-state index in [4.69, 9.17) is 4.52 Å². The van der Waals surface area contributed by atoms with E-state index in [1.54, 1.807) is 18.2 Å². The molecule has 2 heterocycles. The van der Waals surface area contributed by atoms with E-state index < -0.39 is 11.9 Å². The zero-order chi connectivity index (χ0) is 20.6. The van der Waals surface area contributed by atoms with Crippen molar-refractivity contribution in [3.8, 4) is 11.4 Å². The van der Waals surface area contributed by atoms with Crippen LogP contribution < -0.4 is 10.6 Å². The maximum absolute atomic E-state index is 12.2. The van der Waals surface area contributed by atoms with Crippen LogP contribution in [0.1, 0.15) is 22.7 Å². The highest BCUT2D eigenvalue weighted by Gasteiger charge is 2.12. The lowest BCUT2D eigenvalue weighted by Gasteiger charge is -2.07. The van der Waals surface area contributed by atoms with Gasteiger partial charge in [0.05, 0.1) is 7.11 Å². The van der Waals surface area contributed by atoms with Crippen LogP contribution in [0.25, 0.3) is 11.4 Å². The molecular formula is C19H18N4O5S. The van der Waals surface area contributed by atoms with Crippen molar-refractivity contribution in [3.63, 3.8) is 0 Å². The van der Waals surface area contributed by atoms with E-state index in [2.05, 4.69) is 25.5 Å². The molecule has 0 aliphatic carbocycles. The lowest BCUT2D eigenvalue weighted by molar-refractivity contribution is -0.139. The average molecular weight is 414 g/mol. The number of methoxy groups -OCH3 is 1. The minimum atomic E-state index is -0.550. The van der Waals surface area contributed by atoms with Crippen LogP contribution in [0.2, 0.25) is 0 Å². The molecule has 150 valence electrons. The highest BCUT2D eigenvalue weighted by Crippen LogP contribution is 2.19. The molecular weight excluding hydrogens is 396 g/mol. The molecule has 10 heteroatoms. The second-order valence-corrected chi connectivity index (χ2v) is 6.69. The number of thiophene rings is 1. The van der Waals surface area contributed by atoms with Crippen LogP contribution >= 0.6 is 11.3 Å². The largest absolute Gasteiger partial charge is 0.468 e. The molecule has 0 unspecified atom stereocenters. The van der Waals surface area contributed by atoms with Gasteiger partial charge < -0.3 is 19.9 Å². The van der Waals surface area contributed by atoms with Crippen LogP contribution in [0, 0.1) is 0 Å². The SMILES string of the molecule is COC(=O)CNC(=O)c1cccc(NC(=O)CCc2nc(-c3ccsc3)no2)c1. The molecule has 29 heavy (non-hydrogen) atoms. The lowest BCUT2D eigenvalue weighted by atomic mass is 10.2. The van der Waals surface area contributed by atoms with Crippen LogP contribution in [0.4, 0.5) is 5.69 Å². The Labute approximate surface area is 170 Å². The smallest absolute Gasteiger partial charge is 0.325 e. The van der Waals surface area contributed by atoms with Gasteiger partial charge in [0, 0.05) is 35.0 Å². The summed E-state index contributed by atoms with van der Waals surface area (Å²) in [6, 6.07) is 8.28. The molecule has 2 N–H and O–H groups in total. The van der Waals surface area contributed by atoms with Crippen LogP contribution in [-0.4, -0.2) is 41.6 Å². The minimum absolute atomic E-state index is 0.143. The lowest BCUT2D eigenvalue weighted by Crippen LogP contribution is -2.30. The summed E-state index contributed by atoms with van der Waals surface area (Å²) in [5.41, 5.74) is 1.64. The molecule has 0 bridgehead atoms. The van der Waals surface area contributed by atoms with Gasteiger partial charge in [-0.25, -0.2) is 0 Å². The van der Waals surface area contributed by atoms with Crippen molar-refractivity contribution in [2.24, 2.45) is 0 Å². The number of carbonyl (C=O) groups excluding carboxylic acids is 3. The molecule has 2 amide bonds. The van der Waals surface area contributed by atoms with Gasteiger partial charge in [0.15, 0.2) is 0 Å². The number of anilines is 1. The number of carbonyl (C=O) groups is 3. The summed E-state index contributed by atoms with van der Waals surface area (Å²) < 4.78 is 9.64. The monoisotopic (exact) mass is 414 g/mol. The van der Waals surface area contributed by atoms with Crippen molar-refractivity contribution in [2.75, 3.05) is 19.0 Å². The van der Waals surface area contributed by atoms with Gasteiger partial charge in [-0.1, -0.05) is 11.2 Å². The average Bonchev–Trinajstić information content (AvgIpc) is 3.42. The minimum Gasteiger partial charge on any atom is -0.468 e. The van der Waals surface area contributed by atoms with Gasteiger partial charge >= 0.3 is 5.97 Å². The normalized spacial score (nSPS) is 10.4. The third-order valence-electron chi connectivity index (χ3n) is 3.84. The number of aryl methyl sites for hydroxylation is 1. The number of nitrogens with one attached hydrogen (secondary N) is 2. The fourth-order valence-electron chi connectivity index (χ4n) is 2.37. The van der Waals surface area contributed by atoms with Crippen molar-refractivity contribution < 1.29 is 23.6 Å². The van der Waals surface area contributed by atoms with Gasteiger partial charge in [0.25, 0.3) is 5.91 Å². The maximum atomic E-state index is 12.2. The summed E-state index contributed by atoms with van der Waals surface area (Å²) in [4.78, 5) is 39.6. The van der Waals surface area contributed by atoms with Gasteiger partial charge in [-0.2, -0.15) is 16.3 Å². The number of benzene rings is 1. The Hall–Kier alpha value is -3.53. The van der Waals surface area contributed by atoms with E-state index in [1.807, 2.05) is 16.8 Å². The van der Waals surface area contributed by atoms with Gasteiger partial charge in [0.1, 0.15) is 6.54 Å². The number of rotatable bonds is 8. The Morgan fingerprint density at radius 2 is 2.10 bits per heavy atom. The second kappa shape index (κ2) is 9.60. The first kappa shape index (κ1) is 20.2. The molecule has 0 radical (unpaired) electrons. The number of nitrogens with zero attached hydrogens (tertiary/aromatic N) is 2. The molecule has 0 saturated carbocycles. The standard InChI is InChI=1S/C19H18N4O5S/c1-27-17(25)10-20-19(26)12-3-2-4-14(9-12)21-15(24)5-6-16-22-18(23-28-16)13-7-8-29-11-13/h2-4,7-9,11H,5-6,10H2,1H3,(H,20,26)(H,21,24). The Morgan fingerprint density at radius 1 is 1.24 bits per heavy atom. The fraction of sp³-hybridized carbons (Fsp3) is 0.211. The topological polar surface area (TPSA) is 123 Å². The summed E-state index contributed by atoms with van der Waals surface area (Å²) >= 11 is 1.53. The van der Waals surface area contributed by atoms with Crippen LogP contribution in [-0.2, 0) is 20.7 Å². The Kier molecular flexibility index (Phi) is 6.69. The van der Waals surface area contributed by atoms with Crippen LogP contribution in [0.15, 0.2) is 45.6 Å². The summed E-state index contributed by atoms with van der Waals surface area (Å²) in [5, 5.41) is 12.9. The summed E-state index contributed by atoms with van der Waals surface area (Å²) in [5.74, 6) is -0.388. The van der Waals surface area contributed by atoms with Crippen molar-refractivity contribution in [1.82, 2.24) is 15.5 Å². The first-order chi connectivity index (χ1) is 14.0. The third kappa shape index (κ3) is 5.72. The predicted molar refractivity (Wildman–Crippen MR) is 105 cm³/mol. The van der Waals surface area contributed by atoms with Gasteiger partial charge in [-0.15, -0.1) is 0 Å². The number of hydrogen-bond donors (Lipinski definition) is 2. The predicted octanol–water partition coefficient (Wildman–Crippen LogP) is 2.27. The Morgan fingerprint density at radius 3 is 2.86 bits per heavy atom. The third-order valence-corrected chi connectivity index (χ3v) is 4.53. The van der Waals surface area contributed by atoms with Crippen molar-refractivity contribution in [2.45, 2.75) is 12.8 Å². The zero-order valence-electron chi connectivity index (χ0n) is 15.5. The molecule has 1 aromatic carbocycles. The van der Waals surface area contributed by atoms with Crippen molar-refractivity contribution in [1.29, 1.82) is 0 Å². The number of hydrogen-bond acceptors (Lipinski definition) is 8. The number of ether oxygens (including phenoxy) is 1. The number of amides is 2. The van der Waals surface area contributed by atoms with E-state index in [9.17, 15) is 14.4 Å². The molecule has 0 aliphatic heterocycles. The van der Waals surface area contributed by atoms with Gasteiger partial charge in [0.2, 0.25) is 17.6 Å². The van der Waals surface area contributed by atoms with E-state index in [-0.39, 0.29) is 18.9 Å². The zero-order valence-corrected chi connectivity index (χ0v) is 16.3. The highest BCUT2D eigenvalue weighted by molar-refractivity contribution is 7.08. The molecule has 0 atom stereocenters. The quantitative estimate of drug-likeness (QED) is 0.542. The van der Waals surface area contributed by atoms with Crippen LogP contribution in [0.3, 0.4) is 0 Å². The summed E-state index contributed by atoms with van der Waals surface area (Å²) in [6.45, 7) is -0.233. The first-order valence-electron chi connectivity index (χ1n) is 8.65. The van der Waals surface area contributed by atoms with Crippen molar-refractivity contribution >= 4 is 34.8 Å². The summed E-state index contributed by atoms with van der Waals surface area (Å²) in [7, 11) is 1.24. The van der Waals surface area contributed by atoms with Gasteiger partial charge in [-0.3, -0.25) is 14.4 Å². The fourth-order valence-corrected chi connectivity index (χ4v) is 3.01. The van der Waals surface area contributed by atoms with Gasteiger partial charge in [-0.05, 0) is 29.6 Å². The van der Waals surface area contributed by atoms with Crippen molar-refractivity contribution in [3.05, 3.63) is 52.5 Å². The molecule has 0 aliphatic rings. The Balaban J connectivity index is 1.51.